The van der Waals surface area contributed by atoms with Crippen molar-refractivity contribution in [3.63, 3.8) is 0 Å². The van der Waals surface area contributed by atoms with Crippen LogP contribution in [0.1, 0.15) is 46.9 Å². The molecule has 4 rings (SSSR count). The van der Waals surface area contributed by atoms with Crippen LogP contribution in [0.25, 0.3) is 17.3 Å². The van der Waals surface area contributed by atoms with Crippen molar-refractivity contribution in [3.8, 4) is 11.5 Å². The number of allylic oxidation sites excluding steroid dienone is 1. The molecule has 0 radical (unpaired) electrons. The van der Waals surface area contributed by atoms with Crippen molar-refractivity contribution in [3.05, 3.63) is 69.3 Å². The smallest absolute Gasteiger partial charge is 0.337 e. The van der Waals surface area contributed by atoms with Gasteiger partial charge in [0.05, 0.1) is 25.0 Å². The lowest BCUT2D eigenvalue weighted by Crippen LogP contribution is -2.25. The number of methoxy groups -OCH3 is 1. The molecule has 0 amide bonds. The summed E-state index contributed by atoms with van der Waals surface area (Å²) in [7, 11) is 1.60. The van der Waals surface area contributed by atoms with E-state index in [1.54, 1.807) is 13.2 Å². The SMILES string of the molecule is CCOc1c(C=C2CCCc3c2nc2ccc(C(=O)O)cn2c3=O)cccc1OC. The number of benzene rings is 1. The summed E-state index contributed by atoms with van der Waals surface area (Å²) in [5, 5.41) is 9.23. The third-order valence-corrected chi connectivity index (χ3v) is 5.19. The van der Waals surface area contributed by atoms with Crippen LogP contribution in [0.5, 0.6) is 11.5 Å². The predicted octanol–water partition coefficient (Wildman–Crippen LogP) is 3.68. The van der Waals surface area contributed by atoms with Gasteiger partial charge < -0.3 is 14.6 Å². The van der Waals surface area contributed by atoms with Crippen molar-refractivity contribution in [2.24, 2.45) is 0 Å². The Hall–Kier alpha value is -3.61. The van der Waals surface area contributed by atoms with Crippen LogP contribution in [-0.4, -0.2) is 34.2 Å². The van der Waals surface area contributed by atoms with Crippen LogP contribution in [0.3, 0.4) is 0 Å². The Bertz CT molecular complexity index is 1230. The summed E-state index contributed by atoms with van der Waals surface area (Å²) in [4.78, 5) is 29.0. The molecule has 1 aliphatic rings. The Kier molecular flexibility index (Phi) is 5.27. The van der Waals surface area contributed by atoms with Crippen LogP contribution >= 0.6 is 0 Å². The van der Waals surface area contributed by atoms with E-state index in [4.69, 9.17) is 14.5 Å². The van der Waals surface area contributed by atoms with Crippen LogP contribution < -0.4 is 15.0 Å². The molecular formula is C23H22N2O5. The Morgan fingerprint density at radius 2 is 2.10 bits per heavy atom. The standard InChI is InChI=1S/C23H22N2O5/c1-3-30-21-15(7-5-9-18(21)29-2)12-14-6-4-8-17-20(14)24-19-11-10-16(23(27)28)13-25(19)22(17)26/h5,7,9-13H,3-4,6,8H2,1-2H3,(H,27,28). The number of hydrogen-bond donors (Lipinski definition) is 1. The zero-order valence-electron chi connectivity index (χ0n) is 16.8. The number of aromatic nitrogens is 2. The number of nitrogens with zero attached hydrogens (tertiary/aromatic N) is 2. The minimum absolute atomic E-state index is 0.0515. The normalized spacial score (nSPS) is 14.5. The van der Waals surface area contributed by atoms with Gasteiger partial charge in [0, 0.05) is 17.3 Å². The third-order valence-electron chi connectivity index (χ3n) is 5.19. The lowest BCUT2D eigenvalue weighted by atomic mass is 9.90. The number of rotatable bonds is 5. The highest BCUT2D eigenvalue weighted by Crippen LogP contribution is 2.36. The molecule has 1 aliphatic carbocycles. The molecule has 154 valence electrons. The summed E-state index contributed by atoms with van der Waals surface area (Å²) in [5.74, 6) is 0.226. The summed E-state index contributed by atoms with van der Waals surface area (Å²) in [6, 6.07) is 8.71. The molecule has 30 heavy (non-hydrogen) atoms. The van der Waals surface area contributed by atoms with E-state index in [0.717, 1.165) is 24.0 Å². The highest BCUT2D eigenvalue weighted by Gasteiger charge is 2.22. The summed E-state index contributed by atoms with van der Waals surface area (Å²) >= 11 is 0. The Morgan fingerprint density at radius 1 is 1.27 bits per heavy atom. The number of fused-ring (bicyclic) bond motifs is 2. The maximum absolute atomic E-state index is 13.1. The number of para-hydroxylation sites is 1. The minimum atomic E-state index is -1.08. The summed E-state index contributed by atoms with van der Waals surface area (Å²) in [5.41, 5.74) is 3.34. The van der Waals surface area contributed by atoms with Crippen LogP contribution in [0.2, 0.25) is 0 Å². The highest BCUT2D eigenvalue weighted by molar-refractivity contribution is 5.88. The molecule has 7 nitrogen and oxygen atoms in total. The largest absolute Gasteiger partial charge is 0.493 e. The Balaban J connectivity index is 1.89. The van der Waals surface area contributed by atoms with E-state index in [-0.39, 0.29) is 11.1 Å². The molecule has 1 aromatic carbocycles. The van der Waals surface area contributed by atoms with Crippen LogP contribution in [0, 0.1) is 0 Å². The number of pyridine rings is 1. The van der Waals surface area contributed by atoms with Gasteiger partial charge in [0.2, 0.25) is 0 Å². The van der Waals surface area contributed by atoms with Crippen LogP contribution in [-0.2, 0) is 6.42 Å². The Morgan fingerprint density at radius 3 is 2.83 bits per heavy atom. The van der Waals surface area contributed by atoms with E-state index >= 15 is 0 Å². The van der Waals surface area contributed by atoms with E-state index in [0.29, 0.717) is 41.4 Å². The van der Waals surface area contributed by atoms with Crippen LogP contribution in [0.4, 0.5) is 0 Å². The Labute approximate surface area is 173 Å². The second-order valence-electron chi connectivity index (χ2n) is 7.03. The molecule has 1 N–H and O–H groups in total. The van der Waals surface area contributed by atoms with Gasteiger partial charge in [0.1, 0.15) is 5.65 Å². The fourth-order valence-corrected chi connectivity index (χ4v) is 3.80. The molecule has 0 bridgehead atoms. The molecule has 0 saturated carbocycles. The first-order valence-corrected chi connectivity index (χ1v) is 9.82. The van der Waals surface area contributed by atoms with Crippen molar-refractivity contribution in [2.75, 3.05) is 13.7 Å². The maximum atomic E-state index is 13.1. The predicted molar refractivity (Wildman–Crippen MR) is 113 cm³/mol. The number of carbonyl (C=O) groups is 1. The third kappa shape index (κ3) is 3.43. The zero-order chi connectivity index (χ0) is 21.3. The number of carboxylic acid groups (broad SMARTS) is 1. The van der Waals surface area contributed by atoms with Crippen molar-refractivity contribution < 1.29 is 19.4 Å². The number of carboxylic acids is 1. The molecule has 0 fully saturated rings. The quantitative estimate of drug-likeness (QED) is 0.695. The van der Waals surface area contributed by atoms with E-state index in [1.807, 2.05) is 31.2 Å². The summed E-state index contributed by atoms with van der Waals surface area (Å²) in [6.07, 6.45) is 5.54. The van der Waals surface area contributed by atoms with Gasteiger partial charge in [-0.25, -0.2) is 9.78 Å². The molecule has 0 saturated heterocycles. The van der Waals surface area contributed by atoms with Gasteiger partial charge in [-0.3, -0.25) is 9.20 Å². The molecular weight excluding hydrogens is 384 g/mol. The fraction of sp³-hybridized carbons (Fsp3) is 0.261. The first-order valence-electron chi connectivity index (χ1n) is 9.82. The molecule has 7 heteroatoms. The number of ether oxygens (including phenoxy) is 2. The van der Waals surface area contributed by atoms with E-state index in [1.165, 1.54) is 16.7 Å². The molecule has 0 unspecified atom stereocenters. The number of hydrogen-bond acceptors (Lipinski definition) is 5. The van der Waals surface area contributed by atoms with Crippen molar-refractivity contribution in [1.82, 2.24) is 9.38 Å². The lowest BCUT2D eigenvalue weighted by molar-refractivity contribution is 0.0696. The molecule has 0 aliphatic heterocycles. The topological polar surface area (TPSA) is 90.1 Å². The minimum Gasteiger partial charge on any atom is -0.493 e. The van der Waals surface area contributed by atoms with E-state index < -0.39 is 5.97 Å². The van der Waals surface area contributed by atoms with E-state index in [2.05, 4.69) is 0 Å². The van der Waals surface area contributed by atoms with Gasteiger partial charge in [0.25, 0.3) is 5.56 Å². The first kappa shape index (κ1) is 19.7. The van der Waals surface area contributed by atoms with Crippen molar-refractivity contribution in [2.45, 2.75) is 26.2 Å². The zero-order valence-corrected chi connectivity index (χ0v) is 16.8. The van der Waals surface area contributed by atoms with Gasteiger partial charge in [-0.1, -0.05) is 12.1 Å². The van der Waals surface area contributed by atoms with Gasteiger partial charge in [-0.15, -0.1) is 0 Å². The molecule has 0 atom stereocenters. The van der Waals surface area contributed by atoms with Crippen LogP contribution in [0.15, 0.2) is 41.3 Å². The van der Waals surface area contributed by atoms with Gasteiger partial charge >= 0.3 is 5.97 Å². The molecule has 3 aromatic rings. The second kappa shape index (κ2) is 8.02. The number of aromatic carboxylic acids is 1. The summed E-state index contributed by atoms with van der Waals surface area (Å²) < 4.78 is 12.6. The fourth-order valence-electron chi connectivity index (χ4n) is 3.80. The molecule has 2 heterocycles. The molecule has 2 aromatic heterocycles. The average molecular weight is 406 g/mol. The first-order chi connectivity index (χ1) is 14.5. The highest BCUT2D eigenvalue weighted by atomic mass is 16.5. The lowest BCUT2D eigenvalue weighted by Gasteiger charge is -2.19. The maximum Gasteiger partial charge on any atom is 0.337 e. The second-order valence-corrected chi connectivity index (χ2v) is 7.03. The van der Waals surface area contributed by atoms with Crippen molar-refractivity contribution >= 4 is 23.3 Å². The molecule has 0 spiro atoms. The van der Waals surface area contributed by atoms with Gasteiger partial charge in [-0.05, 0) is 56.0 Å². The van der Waals surface area contributed by atoms with Crippen molar-refractivity contribution in [1.29, 1.82) is 0 Å². The van der Waals surface area contributed by atoms with Gasteiger partial charge in [-0.2, -0.15) is 0 Å². The summed E-state index contributed by atoms with van der Waals surface area (Å²) in [6.45, 7) is 2.42. The monoisotopic (exact) mass is 406 g/mol. The average Bonchev–Trinajstić information content (AvgIpc) is 2.75. The van der Waals surface area contributed by atoms with Gasteiger partial charge in [0.15, 0.2) is 11.5 Å². The van der Waals surface area contributed by atoms with E-state index in [9.17, 15) is 14.7 Å².